The minimum Gasteiger partial charge on any atom is -0.481 e. The van der Waals surface area contributed by atoms with Crippen molar-refractivity contribution in [3.63, 3.8) is 0 Å². The SMILES string of the molecule is Cc1c(C(=O)NNC(=O)[C@H](C)Oc2ccc(F)cc2)oc2ccc(Cl)cc12. The van der Waals surface area contributed by atoms with E-state index in [-0.39, 0.29) is 5.76 Å². The molecule has 6 nitrogen and oxygen atoms in total. The Morgan fingerprint density at radius 2 is 1.85 bits per heavy atom. The van der Waals surface area contributed by atoms with Crippen LogP contribution in [0.25, 0.3) is 11.0 Å². The van der Waals surface area contributed by atoms with Gasteiger partial charge in [0.15, 0.2) is 11.9 Å². The van der Waals surface area contributed by atoms with Gasteiger partial charge in [-0.15, -0.1) is 0 Å². The number of amides is 2. The summed E-state index contributed by atoms with van der Waals surface area (Å²) in [4.78, 5) is 24.4. The van der Waals surface area contributed by atoms with E-state index in [1.54, 1.807) is 25.1 Å². The summed E-state index contributed by atoms with van der Waals surface area (Å²) < 4.78 is 23.8. The van der Waals surface area contributed by atoms with Crippen LogP contribution in [0.1, 0.15) is 23.0 Å². The topological polar surface area (TPSA) is 80.6 Å². The van der Waals surface area contributed by atoms with Crippen LogP contribution >= 0.6 is 11.6 Å². The summed E-state index contributed by atoms with van der Waals surface area (Å²) in [6, 6.07) is 10.3. The average Bonchev–Trinajstić information content (AvgIpc) is 2.97. The number of fused-ring (bicyclic) bond motifs is 1. The average molecular weight is 391 g/mol. The fourth-order valence-corrected chi connectivity index (χ4v) is 2.63. The second-order valence-electron chi connectivity index (χ2n) is 5.85. The van der Waals surface area contributed by atoms with Crippen LogP contribution in [0.4, 0.5) is 4.39 Å². The summed E-state index contributed by atoms with van der Waals surface area (Å²) in [5, 5.41) is 1.24. The number of hydrogen-bond donors (Lipinski definition) is 2. The third-order valence-corrected chi connectivity index (χ3v) is 4.13. The minimum absolute atomic E-state index is 0.0691. The highest BCUT2D eigenvalue weighted by molar-refractivity contribution is 6.31. The Labute approximate surface area is 159 Å². The number of furan rings is 1. The van der Waals surface area contributed by atoms with Crippen LogP contribution in [0.2, 0.25) is 5.02 Å². The molecule has 0 saturated carbocycles. The van der Waals surface area contributed by atoms with Gasteiger partial charge in [0.05, 0.1) is 0 Å². The van der Waals surface area contributed by atoms with Crippen LogP contribution in [-0.2, 0) is 4.79 Å². The molecule has 2 amide bonds. The molecule has 0 spiro atoms. The van der Waals surface area contributed by atoms with Gasteiger partial charge in [-0.3, -0.25) is 20.4 Å². The Kier molecular flexibility index (Phi) is 5.32. The largest absolute Gasteiger partial charge is 0.481 e. The molecule has 0 radical (unpaired) electrons. The van der Waals surface area contributed by atoms with Crippen LogP contribution in [-0.4, -0.2) is 17.9 Å². The van der Waals surface area contributed by atoms with Crippen molar-refractivity contribution in [2.24, 2.45) is 0 Å². The fourth-order valence-electron chi connectivity index (χ4n) is 2.46. The van der Waals surface area contributed by atoms with Gasteiger partial charge in [-0.05, 0) is 56.3 Å². The Morgan fingerprint density at radius 1 is 1.15 bits per heavy atom. The number of halogens is 2. The second-order valence-corrected chi connectivity index (χ2v) is 6.29. The second kappa shape index (κ2) is 7.67. The Morgan fingerprint density at radius 3 is 2.56 bits per heavy atom. The molecule has 3 aromatic rings. The van der Waals surface area contributed by atoms with Gasteiger partial charge in [-0.25, -0.2) is 4.39 Å². The molecule has 8 heteroatoms. The normalized spacial score (nSPS) is 11.9. The zero-order valence-electron chi connectivity index (χ0n) is 14.5. The smallest absolute Gasteiger partial charge is 0.305 e. The molecule has 3 rings (SSSR count). The molecule has 27 heavy (non-hydrogen) atoms. The molecule has 0 bridgehead atoms. The lowest BCUT2D eigenvalue weighted by Gasteiger charge is -2.14. The van der Waals surface area contributed by atoms with Gasteiger partial charge in [0.1, 0.15) is 17.1 Å². The molecule has 0 aliphatic rings. The van der Waals surface area contributed by atoms with Gasteiger partial charge in [0.25, 0.3) is 5.91 Å². The molecule has 140 valence electrons. The molecule has 0 unspecified atom stereocenters. The molecular formula is C19H16ClFN2O4. The standard InChI is InChI=1S/C19H16ClFN2O4/c1-10-15-9-12(20)3-8-16(15)27-17(10)19(25)23-22-18(24)11(2)26-14-6-4-13(21)5-7-14/h3-9,11H,1-2H3,(H,22,24)(H,23,25)/t11-/m0/s1. The third-order valence-electron chi connectivity index (χ3n) is 3.90. The van der Waals surface area contributed by atoms with Gasteiger partial charge in [-0.1, -0.05) is 11.6 Å². The first-order valence-electron chi connectivity index (χ1n) is 8.06. The highest BCUT2D eigenvalue weighted by Gasteiger charge is 2.20. The Balaban J connectivity index is 1.62. The van der Waals surface area contributed by atoms with Gasteiger partial charge < -0.3 is 9.15 Å². The van der Waals surface area contributed by atoms with Crippen molar-refractivity contribution >= 4 is 34.4 Å². The van der Waals surface area contributed by atoms with E-state index in [2.05, 4.69) is 10.9 Å². The summed E-state index contributed by atoms with van der Waals surface area (Å²) in [6.07, 6.45) is -0.911. The lowest BCUT2D eigenvalue weighted by atomic mass is 10.1. The van der Waals surface area contributed by atoms with E-state index in [1.165, 1.54) is 31.2 Å². The number of ether oxygens (including phenoxy) is 1. The number of nitrogens with one attached hydrogen (secondary N) is 2. The van der Waals surface area contributed by atoms with Crippen LogP contribution in [0.15, 0.2) is 46.9 Å². The van der Waals surface area contributed by atoms with E-state index in [0.717, 1.165) is 0 Å². The summed E-state index contributed by atoms with van der Waals surface area (Å²) in [5.41, 5.74) is 5.68. The van der Waals surface area contributed by atoms with Crippen LogP contribution in [0.5, 0.6) is 5.75 Å². The van der Waals surface area contributed by atoms with Gasteiger partial charge in [0.2, 0.25) is 0 Å². The molecule has 0 fully saturated rings. The van der Waals surface area contributed by atoms with Crippen molar-refractivity contribution in [1.82, 2.24) is 10.9 Å². The van der Waals surface area contributed by atoms with Gasteiger partial charge in [0, 0.05) is 16.0 Å². The molecule has 1 atom stereocenters. The number of aryl methyl sites for hydroxylation is 1. The molecule has 0 aliphatic carbocycles. The lowest BCUT2D eigenvalue weighted by molar-refractivity contribution is -0.128. The fraction of sp³-hybridized carbons (Fsp3) is 0.158. The number of carbonyl (C=O) groups is 2. The lowest BCUT2D eigenvalue weighted by Crippen LogP contribution is -2.47. The maximum Gasteiger partial charge on any atom is 0.305 e. The van der Waals surface area contributed by atoms with Crippen molar-refractivity contribution in [3.05, 3.63) is 64.6 Å². The van der Waals surface area contributed by atoms with Crippen molar-refractivity contribution in [3.8, 4) is 5.75 Å². The Bertz CT molecular complexity index is 1000. The van der Waals surface area contributed by atoms with E-state index in [9.17, 15) is 14.0 Å². The molecule has 0 aliphatic heterocycles. The van der Waals surface area contributed by atoms with Crippen LogP contribution in [0.3, 0.4) is 0 Å². The summed E-state index contributed by atoms with van der Waals surface area (Å²) in [5.74, 6) is -1.20. The maximum atomic E-state index is 12.9. The first-order valence-corrected chi connectivity index (χ1v) is 8.44. The molecule has 2 aromatic carbocycles. The zero-order valence-corrected chi connectivity index (χ0v) is 15.3. The van der Waals surface area contributed by atoms with Crippen molar-refractivity contribution in [2.45, 2.75) is 20.0 Å². The number of hydrazine groups is 1. The zero-order chi connectivity index (χ0) is 19.6. The molecule has 0 saturated heterocycles. The molecule has 1 heterocycles. The van der Waals surface area contributed by atoms with Crippen molar-refractivity contribution in [2.75, 3.05) is 0 Å². The highest BCUT2D eigenvalue weighted by atomic mass is 35.5. The predicted molar refractivity (Wildman–Crippen MR) is 98.1 cm³/mol. The molecule has 2 N–H and O–H groups in total. The van der Waals surface area contributed by atoms with Crippen molar-refractivity contribution < 1.29 is 23.1 Å². The summed E-state index contributed by atoms with van der Waals surface area (Å²) >= 11 is 5.96. The number of hydrogen-bond acceptors (Lipinski definition) is 4. The molecular weight excluding hydrogens is 375 g/mol. The van der Waals surface area contributed by atoms with Crippen LogP contribution in [0, 0.1) is 12.7 Å². The Hall–Kier alpha value is -3.06. The molecule has 1 aromatic heterocycles. The first kappa shape index (κ1) is 18.7. The van der Waals surface area contributed by atoms with E-state index < -0.39 is 23.7 Å². The highest BCUT2D eigenvalue weighted by Crippen LogP contribution is 2.27. The summed E-state index contributed by atoms with van der Waals surface area (Å²) in [7, 11) is 0. The maximum absolute atomic E-state index is 12.9. The predicted octanol–water partition coefficient (Wildman–Crippen LogP) is 3.76. The van der Waals surface area contributed by atoms with E-state index in [0.29, 0.717) is 27.3 Å². The van der Waals surface area contributed by atoms with Crippen LogP contribution < -0.4 is 15.6 Å². The van der Waals surface area contributed by atoms with Gasteiger partial charge >= 0.3 is 5.91 Å². The minimum atomic E-state index is -0.911. The third kappa shape index (κ3) is 4.20. The van der Waals surface area contributed by atoms with E-state index in [4.69, 9.17) is 20.8 Å². The van der Waals surface area contributed by atoms with E-state index in [1.807, 2.05) is 0 Å². The first-order chi connectivity index (χ1) is 12.8. The monoisotopic (exact) mass is 390 g/mol. The van der Waals surface area contributed by atoms with Crippen molar-refractivity contribution in [1.29, 1.82) is 0 Å². The number of carbonyl (C=O) groups excluding carboxylic acids is 2. The van der Waals surface area contributed by atoms with Gasteiger partial charge in [-0.2, -0.15) is 0 Å². The summed E-state index contributed by atoms with van der Waals surface area (Å²) in [6.45, 7) is 3.22. The number of benzene rings is 2. The number of rotatable bonds is 4. The van der Waals surface area contributed by atoms with E-state index >= 15 is 0 Å². The quantitative estimate of drug-likeness (QED) is 0.665.